The first-order chi connectivity index (χ1) is 17.5. The summed E-state index contributed by atoms with van der Waals surface area (Å²) in [7, 11) is 1.96. The molecule has 0 fully saturated rings. The van der Waals surface area contributed by atoms with Crippen molar-refractivity contribution in [2.45, 2.75) is 45.2 Å². The van der Waals surface area contributed by atoms with Crippen LogP contribution in [0.3, 0.4) is 0 Å². The fourth-order valence-corrected chi connectivity index (χ4v) is 6.50. The van der Waals surface area contributed by atoms with Gasteiger partial charge in [-0.1, -0.05) is 26.0 Å². The number of benzene rings is 1. The summed E-state index contributed by atoms with van der Waals surface area (Å²) in [5.74, 6) is 1.27. The van der Waals surface area contributed by atoms with Gasteiger partial charge >= 0.3 is 0 Å². The number of amides is 1. The van der Waals surface area contributed by atoms with Crippen molar-refractivity contribution in [3.8, 4) is 11.1 Å². The maximum Gasteiger partial charge on any atom is 0.252 e. The summed E-state index contributed by atoms with van der Waals surface area (Å²) in [5.41, 5.74) is 10.2. The van der Waals surface area contributed by atoms with E-state index in [0.717, 1.165) is 53.0 Å². The zero-order valence-electron chi connectivity index (χ0n) is 20.7. The fourth-order valence-electron chi connectivity index (χ4n) is 6.50. The first-order valence-corrected chi connectivity index (χ1v) is 12.7. The number of fused-ring (bicyclic) bond motifs is 10. The second-order valence-electron chi connectivity index (χ2n) is 10.6. The maximum absolute atomic E-state index is 13.3. The lowest BCUT2D eigenvalue weighted by atomic mass is 9.79. The Morgan fingerprint density at radius 1 is 1.17 bits per heavy atom. The molecule has 4 heterocycles. The molecule has 182 valence electrons. The zero-order valence-corrected chi connectivity index (χ0v) is 20.7. The number of nitrogens with one attached hydrogen (secondary N) is 2. The van der Waals surface area contributed by atoms with Crippen molar-refractivity contribution in [2.24, 2.45) is 13.0 Å². The molecular weight excluding hydrogens is 450 g/mol. The van der Waals surface area contributed by atoms with Gasteiger partial charge in [0.2, 0.25) is 5.95 Å². The molecule has 4 aliphatic rings. The third-order valence-electron chi connectivity index (χ3n) is 7.72. The standard InChI is InChI=1S/C28H29N7O/c1-15(2)13-35-22-8-5-16(32-28-29-9-4-10-30-28)11-18(22)24-19-12-31-27(36)25(19)23-17(26(24)35)6-7-21-20(23)14-34(3)33-21/h4-5,8-11,14-15,18,22H,6-7,12-13H2,1-3H3,(H,31,36)(H,29,30,32). The molecule has 2 atom stereocenters. The number of allylic oxidation sites excluding steroid dienone is 1. The van der Waals surface area contributed by atoms with Crippen LogP contribution < -0.4 is 15.5 Å². The number of hydrogen-bond donors (Lipinski definition) is 2. The Morgan fingerprint density at radius 2 is 2.00 bits per heavy atom. The molecule has 8 heteroatoms. The van der Waals surface area contributed by atoms with E-state index < -0.39 is 0 Å². The summed E-state index contributed by atoms with van der Waals surface area (Å²) in [4.78, 5) is 24.5. The lowest BCUT2D eigenvalue weighted by Crippen LogP contribution is -2.36. The van der Waals surface area contributed by atoms with Crippen LogP contribution in [0.5, 0.6) is 0 Å². The number of aryl methyl sites for hydroxylation is 2. The number of nitrogens with zero attached hydrogens (tertiary/aromatic N) is 5. The highest BCUT2D eigenvalue weighted by atomic mass is 16.1. The van der Waals surface area contributed by atoms with Gasteiger partial charge in [-0.25, -0.2) is 9.97 Å². The monoisotopic (exact) mass is 479 g/mol. The van der Waals surface area contributed by atoms with Gasteiger partial charge in [0.25, 0.3) is 5.91 Å². The molecule has 0 saturated heterocycles. The van der Waals surface area contributed by atoms with Crippen LogP contribution in [0.15, 0.2) is 48.6 Å². The second-order valence-corrected chi connectivity index (χ2v) is 10.6. The summed E-state index contributed by atoms with van der Waals surface area (Å²) in [6, 6.07) is 2.03. The molecule has 2 aromatic heterocycles. The van der Waals surface area contributed by atoms with Crippen molar-refractivity contribution >= 4 is 17.5 Å². The van der Waals surface area contributed by atoms with Crippen LogP contribution in [0.2, 0.25) is 0 Å². The van der Waals surface area contributed by atoms with Crippen molar-refractivity contribution < 1.29 is 4.79 Å². The molecule has 2 unspecified atom stereocenters. The molecule has 0 bridgehead atoms. The summed E-state index contributed by atoms with van der Waals surface area (Å²) in [5, 5.41) is 11.2. The molecule has 0 radical (unpaired) electrons. The maximum atomic E-state index is 13.3. The topological polar surface area (TPSA) is 88.0 Å². The fraction of sp³-hybridized carbons (Fsp3) is 0.357. The van der Waals surface area contributed by atoms with Gasteiger partial charge in [-0.15, -0.1) is 0 Å². The molecule has 1 amide bonds. The first-order valence-electron chi connectivity index (χ1n) is 12.7. The van der Waals surface area contributed by atoms with Crippen molar-refractivity contribution in [1.29, 1.82) is 0 Å². The van der Waals surface area contributed by atoms with Crippen molar-refractivity contribution in [2.75, 3.05) is 16.8 Å². The minimum Gasteiger partial charge on any atom is -0.363 e. The average Bonchev–Trinajstić information content (AvgIpc) is 3.52. The number of anilines is 2. The van der Waals surface area contributed by atoms with Crippen LogP contribution in [0.1, 0.15) is 52.5 Å². The summed E-state index contributed by atoms with van der Waals surface area (Å²) in [6.07, 6.45) is 14.1. The molecule has 2 aliphatic carbocycles. The van der Waals surface area contributed by atoms with E-state index in [1.165, 1.54) is 16.8 Å². The Morgan fingerprint density at radius 3 is 2.81 bits per heavy atom. The van der Waals surface area contributed by atoms with E-state index in [1.54, 1.807) is 12.4 Å². The van der Waals surface area contributed by atoms with Gasteiger partial charge in [-0.05, 0) is 47.6 Å². The SMILES string of the molecule is CC(C)CN1c2c3c(c4c(c2C2C=C(Nc5ncccn5)C=CC21)CNC4=O)-c1cn(C)nc1CC3. The third-order valence-corrected chi connectivity index (χ3v) is 7.72. The van der Waals surface area contributed by atoms with Gasteiger partial charge in [0.1, 0.15) is 0 Å². The van der Waals surface area contributed by atoms with Crippen LogP contribution in [0.4, 0.5) is 11.6 Å². The molecule has 36 heavy (non-hydrogen) atoms. The Kier molecular flexibility index (Phi) is 4.61. The zero-order chi connectivity index (χ0) is 24.6. The van der Waals surface area contributed by atoms with E-state index in [2.05, 4.69) is 63.8 Å². The van der Waals surface area contributed by atoms with Crippen LogP contribution in [0, 0.1) is 5.92 Å². The van der Waals surface area contributed by atoms with Crippen LogP contribution in [-0.4, -0.2) is 38.2 Å². The van der Waals surface area contributed by atoms with E-state index in [4.69, 9.17) is 5.10 Å². The molecule has 3 aromatic rings. The lowest BCUT2D eigenvalue weighted by molar-refractivity contribution is 0.0966. The average molecular weight is 480 g/mol. The van der Waals surface area contributed by atoms with Crippen LogP contribution in [0.25, 0.3) is 11.1 Å². The quantitative estimate of drug-likeness (QED) is 0.593. The third kappa shape index (κ3) is 3.06. The van der Waals surface area contributed by atoms with Gasteiger partial charge in [0, 0.05) is 67.2 Å². The number of carbonyl (C=O) groups is 1. The van der Waals surface area contributed by atoms with E-state index in [-0.39, 0.29) is 17.9 Å². The predicted octanol–water partition coefficient (Wildman–Crippen LogP) is 3.71. The molecule has 7 rings (SSSR count). The van der Waals surface area contributed by atoms with Crippen molar-refractivity contribution in [3.05, 3.63) is 76.5 Å². The van der Waals surface area contributed by atoms with Gasteiger partial charge in [-0.2, -0.15) is 5.10 Å². The highest BCUT2D eigenvalue weighted by molar-refractivity contribution is 6.08. The summed E-state index contributed by atoms with van der Waals surface area (Å²) in [6.45, 7) is 6.09. The van der Waals surface area contributed by atoms with Gasteiger partial charge in [-0.3, -0.25) is 9.48 Å². The highest BCUT2D eigenvalue weighted by Gasteiger charge is 2.46. The Balaban J connectivity index is 1.44. The molecule has 8 nitrogen and oxygen atoms in total. The first kappa shape index (κ1) is 21.4. The van der Waals surface area contributed by atoms with Crippen molar-refractivity contribution in [1.82, 2.24) is 25.1 Å². The smallest absolute Gasteiger partial charge is 0.252 e. The van der Waals surface area contributed by atoms with Gasteiger partial charge in [0.05, 0.1) is 17.3 Å². The second kappa shape index (κ2) is 7.78. The predicted molar refractivity (Wildman–Crippen MR) is 139 cm³/mol. The van der Waals surface area contributed by atoms with E-state index in [9.17, 15) is 4.79 Å². The van der Waals surface area contributed by atoms with E-state index >= 15 is 0 Å². The molecular formula is C28H29N7O. The van der Waals surface area contributed by atoms with Crippen LogP contribution in [-0.2, 0) is 26.4 Å². The highest BCUT2D eigenvalue weighted by Crippen LogP contribution is 2.54. The Hall–Kier alpha value is -3.94. The molecule has 0 spiro atoms. The minimum absolute atomic E-state index is 0.0333. The Bertz CT molecular complexity index is 1470. The molecule has 0 saturated carbocycles. The normalized spacial score (nSPS) is 20.9. The van der Waals surface area contributed by atoms with Gasteiger partial charge < -0.3 is 15.5 Å². The summed E-state index contributed by atoms with van der Waals surface area (Å²) >= 11 is 0. The number of aromatic nitrogens is 4. The largest absolute Gasteiger partial charge is 0.363 e. The summed E-state index contributed by atoms with van der Waals surface area (Å²) < 4.78 is 1.88. The number of carbonyl (C=O) groups excluding carboxylic acids is 1. The molecule has 2 aliphatic heterocycles. The van der Waals surface area contributed by atoms with E-state index in [1.807, 2.05) is 17.8 Å². The van der Waals surface area contributed by atoms with Gasteiger partial charge in [0.15, 0.2) is 0 Å². The molecule has 1 aromatic carbocycles. The Labute approximate surface area is 210 Å². The minimum atomic E-state index is 0.0333. The number of hydrogen-bond acceptors (Lipinski definition) is 6. The van der Waals surface area contributed by atoms with Crippen LogP contribution >= 0.6 is 0 Å². The van der Waals surface area contributed by atoms with E-state index in [0.29, 0.717) is 18.4 Å². The lowest BCUT2D eigenvalue weighted by Gasteiger charge is -2.33. The molecule has 2 N–H and O–H groups in total. The van der Waals surface area contributed by atoms with Crippen molar-refractivity contribution in [3.63, 3.8) is 0 Å². The number of rotatable bonds is 4.